The summed E-state index contributed by atoms with van der Waals surface area (Å²) in [5.74, 6) is -1.45. The molecule has 2 N–H and O–H groups in total. The van der Waals surface area contributed by atoms with Gasteiger partial charge in [-0.25, -0.2) is 0 Å². The lowest BCUT2D eigenvalue weighted by molar-refractivity contribution is -0.164. The maximum Gasteiger partial charge on any atom is 0.262 e. The third-order valence-corrected chi connectivity index (χ3v) is 14.9. The largest absolute Gasteiger partial charge is 0.489 e. The predicted octanol–water partition coefficient (Wildman–Crippen LogP) is 5.80. The summed E-state index contributed by atoms with van der Waals surface area (Å²) in [6.45, 7) is 14.1. The van der Waals surface area contributed by atoms with E-state index < -0.39 is 23.8 Å². The van der Waals surface area contributed by atoms with E-state index in [1.165, 1.54) is 0 Å². The molecule has 9 rings (SSSR count). The third kappa shape index (κ3) is 7.11. The lowest BCUT2D eigenvalue weighted by Crippen LogP contribution is -2.74. The van der Waals surface area contributed by atoms with Gasteiger partial charge in [0.2, 0.25) is 11.8 Å². The topological polar surface area (TPSA) is 155 Å². The minimum Gasteiger partial charge on any atom is -0.489 e. The van der Waals surface area contributed by atoms with E-state index in [4.69, 9.17) is 16.3 Å². The summed E-state index contributed by atoms with van der Waals surface area (Å²) >= 11 is 6.26. The van der Waals surface area contributed by atoms with Gasteiger partial charge in [0.15, 0.2) is 0 Å². The summed E-state index contributed by atoms with van der Waals surface area (Å²) in [7, 11) is 0. The molecule has 5 amide bonds. The van der Waals surface area contributed by atoms with Crippen LogP contribution in [-0.2, 0) is 9.59 Å². The Morgan fingerprint density at radius 1 is 0.820 bits per heavy atom. The van der Waals surface area contributed by atoms with Gasteiger partial charge in [-0.1, -0.05) is 39.3 Å². The Kier molecular flexibility index (Phi) is 10.2. The van der Waals surface area contributed by atoms with Crippen molar-refractivity contribution in [3.8, 4) is 11.8 Å². The standard InChI is InChI=1S/C47H52ClN7O6/c1-45(2)43(46(3,4)44(45)61-33-11-7-29(25-49)36(48)24-33)51-39(57)28-5-8-30(9-6-28)52-19-21-53(22-20-52)31-15-17-47(18-16-31)26-54(27-47)32-10-12-34-35(23-32)42(60)55(41(34)59)37-13-14-38(56)50-40(37)58/h5-12,23-24,31,37,43-44H,13-22,26-27H2,1-4H3,(H,51,57)(H,50,56,58). The lowest BCUT2D eigenvalue weighted by Gasteiger charge is -2.63. The molecule has 318 valence electrons. The van der Waals surface area contributed by atoms with E-state index in [0.717, 1.165) is 81.2 Å². The van der Waals surface area contributed by atoms with E-state index >= 15 is 0 Å². The fraction of sp³-hybridized carbons (Fsp3) is 0.489. The van der Waals surface area contributed by atoms with Gasteiger partial charge < -0.3 is 19.9 Å². The number of halogens is 1. The highest BCUT2D eigenvalue weighted by Crippen LogP contribution is 2.56. The van der Waals surface area contributed by atoms with Gasteiger partial charge in [0.1, 0.15) is 24.0 Å². The van der Waals surface area contributed by atoms with E-state index in [-0.39, 0.29) is 53.0 Å². The maximum absolute atomic E-state index is 13.5. The number of nitriles is 1. The van der Waals surface area contributed by atoms with Crippen LogP contribution in [0.1, 0.15) is 103 Å². The van der Waals surface area contributed by atoms with Crippen molar-refractivity contribution in [1.82, 2.24) is 20.4 Å². The molecule has 0 radical (unpaired) electrons. The SMILES string of the molecule is CC1(C)C(NC(=O)c2ccc(N3CCN(C4CCC5(CC4)CN(c4ccc6c(c4)C(=O)N(C4CCC(=O)NC4=O)C6=O)C5)CC3)cc2)C(C)(C)C1Oc1ccc(C#N)c(Cl)c1. The van der Waals surface area contributed by atoms with E-state index in [2.05, 4.69) is 71.2 Å². The Labute approximate surface area is 361 Å². The highest BCUT2D eigenvalue weighted by Gasteiger charge is 2.64. The Morgan fingerprint density at radius 2 is 1.48 bits per heavy atom. The molecule has 2 aliphatic carbocycles. The number of anilines is 2. The number of carbonyl (C=O) groups is 5. The molecule has 0 aromatic heterocycles. The second-order valence-electron chi connectivity index (χ2n) is 19.1. The summed E-state index contributed by atoms with van der Waals surface area (Å²) < 4.78 is 6.39. The van der Waals surface area contributed by atoms with Crippen LogP contribution in [-0.4, -0.2) is 103 Å². The number of carbonyl (C=O) groups excluding carboxylic acids is 5. The van der Waals surface area contributed by atoms with Crippen LogP contribution in [0, 0.1) is 27.6 Å². The molecule has 5 fully saturated rings. The highest BCUT2D eigenvalue weighted by atomic mass is 35.5. The van der Waals surface area contributed by atoms with Gasteiger partial charge in [-0.15, -0.1) is 0 Å². The van der Waals surface area contributed by atoms with Crippen LogP contribution in [0.2, 0.25) is 5.02 Å². The van der Waals surface area contributed by atoms with Gasteiger partial charge in [-0.3, -0.25) is 39.1 Å². The number of rotatable bonds is 8. The highest BCUT2D eigenvalue weighted by molar-refractivity contribution is 6.31. The Morgan fingerprint density at radius 3 is 2.11 bits per heavy atom. The van der Waals surface area contributed by atoms with Gasteiger partial charge in [0, 0.05) is 97.0 Å². The molecule has 6 aliphatic rings. The number of ether oxygens (including phenoxy) is 1. The molecule has 14 heteroatoms. The predicted molar refractivity (Wildman–Crippen MR) is 230 cm³/mol. The van der Waals surface area contributed by atoms with Crippen LogP contribution in [0.3, 0.4) is 0 Å². The Bertz CT molecular complexity index is 2330. The van der Waals surface area contributed by atoms with E-state index in [1.807, 2.05) is 18.2 Å². The first-order valence-corrected chi connectivity index (χ1v) is 21.8. The van der Waals surface area contributed by atoms with Crippen molar-refractivity contribution in [3.63, 3.8) is 0 Å². The van der Waals surface area contributed by atoms with Gasteiger partial charge in [-0.2, -0.15) is 5.26 Å². The average Bonchev–Trinajstić information content (AvgIpc) is 3.48. The quantitative estimate of drug-likeness (QED) is 0.266. The number of piperazine rings is 1. The van der Waals surface area contributed by atoms with E-state index in [0.29, 0.717) is 39.1 Å². The molecule has 2 saturated carbocycles. The number of imide groups is 2. The molecule has 1 atom stereocenters. The first-order valence-electron chi connectivity index (χ1n) is 21.5. The summed E-state index contributed by atoms with van der Waals surface area (Å²) in [6, 6.07) is 20.0. The molecule has 3 saturated heterocycles. The minimum atomic E-state index is -0.967. The zero-order valence-electron chi connectivity index (χ0n) is 35.1. The van der Waals surface area contributed by atoms with Crippen molar-refractivity contribution < 1.29 is 28.7 Å². The first-order chi connectivity index (χ1) is 29.1. The molecule has 3 aromatic rings. The van der Waals surface area contributed by atoms with Gasteiger partial charge in [0.05, 0.1) is 21.7 Å². The number of fused-ring (bicyclic) bond motifs is 1. The van der Waals surface area contributed by atoms with Gasteiger partial charge in [0.25, 0.3) is 17.7 Å². The number of benzene rings is 3. The molecular weight excluding hydrogens is 794 g/mol. The molecule has 13 nitrogen and oxygen atoms in total. The fourth-order valence-electron chi connectivity index (χ4n) is 11.5. The van der Waals surface area contributed by atoms with Crippen LogP contribution in [0.4, 0.5) is 11.4 Å². The van der Waals surface area contributed by atoms with Crippen molar-refractivity contribution in [2.45, 2.75) is 90.4 Å². The average molecular weight is 846 g/mol. The monoisotopic (exact) mass is 845 g/mol. The van der Waals surface area contributed by atoms with Gasteiger partial charge in [-0.05, 0) is 86.7 Å². The number of nitrogens with one attached hydrogen (secondary N) is 2. The summed E-state index contributed by atoms with van der Waals surface area (Å²) in [5.41, 5.74) is 3.25. The first kappa shape index (κ1) is 40.9. The number of piperidine rings is 1. The van der Waals surface area contributed by atoms with Crippen molar-refractivity contribution in [2.75, 3.05) is 49.1 Å². The van der Waals surface area contributed by atoms with E-state index in [1.54, 1.807) is 30.3 Å². The van der Waals surface area contributed by atoms with Crippen LogP contribution in [0.5, 0.6) is 5.75 Å². The Balaban J connectivity index is 0.731. The normalized spacial score (nSPS) is 25.6. The number of amides is 5. The van der Waals surface area contributed by atoms with Crippen molar-refractivity contribution in [3.05, 3.63) is 87.9 Å². The lowest BCUT2D eigenvalue weighted by atomic mass is 9.49. The summed E-state index contributed by atoms with van der Waals surface area (Å²) in [5, 5.41) is 15.1. The molecule has 1 unspecified atom stereocenters. The molecule has 4 heterocycles. The van der Waals surface area contributed by atoms with Crippen LogP contribution in [0.25, 0.3) is 0 Å². The van der Waals surface area contributed by atoms with Crippen molar-refractivity contribution >= 4 is 52.5 Å². The summed E-state index contributed by atoms with van der Waals surface area (Å²) in [4.78, 5) is 72.5. The number of nitrogens with zero attached hydrogens (tertiary/aromatic N) is 5. The molecule has 1 spiro atoms. The molecule has 3 aromatic carbocycles. The Hall–Kier alpha value is -5.45. The number of hydrogen-bond acceptors (Lipinski definition) is 10. The van der Waals surface area contributed by atoms with Crippen LogP contribution in [0.15, 0.2) is 60.7 Å². The zero-order chi connectivity index (χ0) is 43.0. The van der Waals surface area contributed by atoms with E-state index in [9.17, 15) is 29.2 Å². The molecular formula is C47H52ClN7O6. The minimum absolute atomic E-state index is 0.0962. The second kappa shape index (κ2) is 15.2. The molecule has 4 aliphatic heterocycles. The van der Waals surface area contributed by atoms with Crippen molar-refractivity contribution in [2.24, 2.45) is 16.2 Å². The van der Waals surface area contributed by atoms with Gasteiger partial charge >= 0.3 is 0 Å². The zero-order valence-corrected chi connectivity index (χ0v) is 35.9. The smallest absolute Gasteiger partial charge is 0.262 e. The van der Waals surface area contributed by atoms with Crippen molar-refractivity contribution in [1.29, 1.82) is 5.26 Å². The third-order valence-electron chi connectivity index (χ3n) is 14.6. The second-order valence-corrected chi connectivity index (χ2v) is 19.5. The number of hydrogen-bond donors (Lipinski definition) is 2. The summed E-state index contributed by atoms with van der Waals surface area (Å²) in [6.07, 6.45) is 4.67. The van der Waals surface area contributed by atoms with Crippen LogP contribution >= 0.6 is 11.6 Å². The molecule has 61 heavy (non-hydrogen) atoms. The fourth-order valence-corrected chi connectivity index (χ4v) is 11.7. The maximum atomic E-state index is 13.5. The molecule has 0 bridgehead atoms. The van der Waals surface area contributed by atoms with Crippen LogP contribution < -0.4 is 25.2 Å².